The molecule has 2 aliphatic rings. The molecule has 0 spiro atoms. The lowest BCUT2D eigenvalue weighted by atomic mass is 10.1. The minimum atomic E-state index is -0.771. The Morgan fingerprint density at radius 3 is 1.33 bits per heavy atom. The Morgan fingerprint density at radius 1 is 0.500 bits per heavy atom. The van der Waals surface area contributed by atoms with Crippen LogP contribution in [0, 0.1) is 26.0 Å². The van der Waals surface area contributed by atoms with E-state index in [1.807, 2.05) is 6.07 Å². The Morgan fingerprint density at radius 2 is 0.896 bits per heavy atom. The lowest BCUT2D eigenvalue weighted by molar-refractivity contribution is -0.384. The molecular weight excluding hydrogens is 627 g/mol. The number of halogens is 1. The molecule has 13 nitrogen and oxygen atoms in total. The van der Waals surface area contributed by atoms with Gasteiger partial charge in [0.1, 0.15) is 28.7 Å². The maximum atomic E-state index is 13.4. The monoisotopic (exact) mass is 646 g/mol. The SMILES string of the molecule is O=C1c2ccccc2C(=O)N1c1cc(F)ccc1[N+](=O)[O-].O=C1c2ccccc2C(=O)N1c1cc(Oc2ccccc2)ccc1[N+](=O)[O-]. The van der Waals surface area contributed by atoms with E-state index in [2.05, 4.69) is 0 Å². The van der Waals surface area contributed by atoms with Crippen LogP contribution in [0.4, 0.5) is 27.1 Å². The molecule has 236 valence electrons. The van der Waals surface area contributed by atoms with Gasteiger partial charge in [0.15, 0.2) is 0 Å². The van der Waals surface area contributed by atoms with Crippen molar-refractivity contribution in [1.29, 1.82) is 0 Å². The largest absolute Gasteiger partial charge is 0.457 e. The second kappa shape index (κ2) is 12.4. The Bertz CT molecular complexity index is 2120. The highest BCUT2D eigenvalue weighted by Gasteiger charge is 2.41. The van der Waals surface area contributed by atoms with Crippen LogP contribution in [0.3, 0.4) is 0 Å². The van der Waals surface area contributed by atoms with E-state index in [1.165, 1.54) is 42.5 Å². The number of ether oxygens (including phenoxy) is 1. The quantitative estimate of drug-likeness (QED) is 0.110. The summed E-state index contributed by atoms with van der Waals surface area (Å²) in [7, 11) is 0. The fourth-order valence-corrected chi connectivity index (χ4v) is 5.17. The Labute approximate surface area is 269 Å². The predicted molar refractivity (Wildman–Crippen MR) is 168 cm³/mol. The topological polar surface area (TPSA) is 170 Å². The molecule has 0 N–H and O–H groups in total. The number of benzene rings is 5. The fraction of sp³-hybridized carbons (Fsp3) is 0. The van der Waals surface area contributed by atoms with Crippen LogP contribution in [0.15, 0.2) is 115 Å². The van der Waals surface area contributed by atoms with Crippen molar-refractivity contribution in [3.8, 4) is 11.5 Å². The predicted octanol–water partition coefficient (Wildman–Crippen LogP) is 6.72. The van der Waals surface area contributed by atoms with Gasteiger partial charge in [0.2, 0.25) is 0 Å². The van der Waals surface area contributed by atoms with Crippen LogP contribution in [0.1, 0.15) is 41.4 Å². The number of nitro groups is 2. The van der Waals surface area contributed by atoms with Gasteiger partial charge in [0, 0.05) is 24.3 Å². The zero-order valence-electron chi connectivity index (χ0n) is 24.3. The van der Waals surface area contributed by atoms with Crippen LogP contribution < -0.4 is 14.5 Å². The number of amides is 4. The molecule has 0 aromatic heterocycles. The van der Waals surface area contributed by atoms with Crippen LogP contribution >= 0.6 is 0 Å². The molecule has 0 fully saturated rings. The zero-order chi connectivity index (χ0) is 34.1. The van der Waals surface area contributed by atoms with E-state index in [0.717, 1.165) is 23.1 Å². The molecule has 2 heterocycles. The molecule has 14 heteroatoms. The van der Waals surface area contributed by atoms with Gasteiger partial charge >= 0.3 is 0 Å². The molecule has 0 radical (unpaired) electrons. The van der Waals surface area contributed by atoms with Gasteiger partial charge in [-0.15, -0.1) is 0 Å². The van der Waals surface area contributed by atoms with Crippen molar-refractivity contribution in [2.45, 2.75) is 0 Å². The molecule has 0 unspecified atom stereocenters. The van der Waals surface area contributed by atoms with Crippen molar-refractivity contribution in [1.82, 2.24) is 0 Å². The third kappa shape index (κ3) is 5.49. The summed E-state index contributed by atoms with van der Waals surface area (Å²) >= 11 is 0. The molecule has 0 saturated heterocycles. The lowest BCUT2D eigenvalue weighted by Crippen LogP contribution is -2.30. The van der Waals surface area contributed by atoms with Crippen LogP contribution in [-0.4, -0.2) is 33.5 Å². The zero-order valence-corrected chi connectivity index (χ0v) is 24.3. The summed E-state index contributed by atoms with van der Waals surface area (Å²) in [6, 6.07) is 27.8. The summed E-state index contributed by atoms with van der Waals surface area (Å²) in [6.07, 6.45) is 0. The average Bonchev–Trinajstić information content (AvgIpc) is 3.49. The van der Waals surface area contributed by atoms with E-state index in [9.17, 15) is 43.8 Å². The Balaban J connectivity index is 0.000000173. The standard InChI is InChI=1S/C20H12N2O5.C14H7FN2O4/c23-19-15-8-4-5-9-16(15)20(24)21(19)18-12-14(10-11-17(18)22(25)26)27-13-6-2-1-3-7-13;15-8-5-6-11(17(20)21)12(7-8)16-13(18)9-3-1-2-4-10(9)14(16)19/h1-12H;1-7H. The third-order valence-electron chi connectivity index (χ3n) is 7.33. The van der Waals surface area contributed by atoms with Crippen molar-refractivity contribution < 1.29 is 38.2 Å². The van der Waals surface area contributed by atoms with E-state index >= 15 is 0 Å². The van der Waals surface area contributed by atoms with Crippen molar-refractivity contribution in [3.63, 3.8) is 0 Å². The van der Waals surface area contributed by atoms with E-state index in [-0.39, 0.29) is 45.1 Å². The number of fused-ring (bicyclic) bond motifs is 2. The smallest absolute Gasteiger partial charge is 0.293 e. The number of imide groups is 2. The van der Waals surface area contributed by atoms with E-state index < -0.39 is 45.0 Å². The maximum Gasteiger partial charge on any atom is 0.293 e. The van der Waals surface area contributed by atoms with E-state index in [1.54, 1.807) is 48.5 Å². The summed E-state index contributed by atoms with van der Waals surface area (Å²) in [4.78, 5) is 72.4. The van der Waals surface area contributed by atoms with Crippen LogP contribution in [0.5, 0.6) is 11.5 Å². The van der Waals surface area contributed by atoms with E-state index in [0.29, 0.717) is 10.6 Å². The number of carbonyl (C=O) groups is 4. The van der Waals surface area contributed by atoms with Gasteiger partial charge < -0.3 is 4.74 Å². The van der Waals surface area contributed by atoms with Crippen LogP contribution in [0.2, 0.25) is 0 Å². The number of para-hydroxylation sites is 1. The normalized spacial score (nSPS) is 13.1. The molecule has 0 aliphatic carbocycles. The molecule has 2 aliphatic heterocycles. The first-order chi connectivity index (χ1) is 23.1. The van der Waals surface area contributed by atoms with Gasteiger partial charge in [0.25, 0.3) is 35.0 Å². The molecular formula is C34H19FN4O9. The second-order valence-corrected chi connectivity index (χ2v) is 10.2. The summed E-state index contributed by atoms with van der Waals surface area (Å²) in [6.45, 7) is 0. The number of rotatable bonds is 6. The third-order valence-corrected chi connectivity index (χ3v) is 7.33. The van der Waals surface area contributed by atoms with Gasteiger partial charge in [-0.1, -0.05) is 42.5 Å². The molecule has 5 aromatic rings. The summed E-state index contributed by atoms with van der Waals surface area (Å²) in [5.74, 6) is -2.58. The van der Waals surface area contributed by atoms with Crippen molar-refractivity contribution in [2.24, 2.45) is 0 Å². The first-order valence-corrected chi connectivity index (χ1v) is 14.0. The molecule has 0 bridgehead atoms. The van der Waals surface area contributed by atoms with Crippen LogP contribution in [0.25, 0.3) is 0 Å². The average molecular weight is 647 g/mol. The van der Waals surface area contributed by atoms with Gasteiger partial charge in [-0.25, -0.2) is 14.2 Å². The van der Waals surface area contributed by atoms with Gasteiger partial charge in [0.05, 0.1) is 32.1 Å². The van der Waals surface area contributed by atoms with Crippen LogP contribution in [-0.2, 0) is 0 Å². The highest BCUT2D eigenvalue weighted by Crippen LogP contribution is 2.38. The molecule has 4 amide bonds. The fourth-order valence-electron chi connectivity index (χ4n) is 5.17. The first-order valence-electron chi connectivity index (χ1n) is 14.0. The summed E-state index contributed by atoms with van der Waals surface area (Å²) in [5.41, 5.74) is -0.652. The van der Waals surface area contributed by atoms with Gasteiger partial charge in [-0.05, 0) is 48.5 Å². The molecule has 5 aromatic carbocycles. The number of hydrogen-bond donors (Lipinski definition) is 0. The van der Waals surface area contributed by atoms with Crippen molar-refractivity contribution in [3.05, 3.63) is 164 Å². The maximum absolute atomic E-state index is 13.4. The first kappa shape index (κ1) is 30.9. The Kier molecular flexibility index (Phi) is 7.96. The molecule has 48 heavy (non-hydrogen) atoms. The minimum Gasteiger partial charge on any atom is -0.457 e. The number of hydrogen-bond acceptors (Lipinski definition) is 9. The van der Waals surface area contributed by atoms with Crippen molar-refractivity contribution >= 4 is 46.4 Å². The van der Waals surface area contributed by atoms with Gasteiger partial charge in [-0.3, -0.25) is 39.4 Å². The number of nitrogens with zero attached hydrogens (tertiary/aromatic N) is 4. The summed E-state index contributed by atoms with van der Waals surface area (Å²) in [5, 5.41) is 22.5. The minimum absolute atomic E-state index is 0.125. The van der Waals surface area contributed by atoms with Crippen molar-refractivity contribution in [2.75, 3.05) is 9.80 Å². The molecule has 0 saturated carbocycles. The molecule has 0 atom stereocenters. The highest BCUT2D eigenvalue weighted by atomic mass is 19.1. The summed E-state index contributed by atoms with van der Waals surface area (Å²) < 4.78 is 19.1. The lowest BCUT2D eigenvalue weighted by Gasteiger charge is -2.15. The number of carbonyl (C=O) groups excluding carboxylic acids is 4. The number of anilines is 2. The highest BCUT2D eigenvalue weighted by molar-refractivity contribution is 6.35. The van der Waals surface area contributed by atoms with E-state index in [4.69, 9.17) is 4.74 Å². The number of nitro benzene ring substituents is 2. The Hall–Kier alpha value is -7.09. The second-order valence-electron chi connectivity index (χ2n) is 10.2. The van der Waals surface area contributed by atoms with Gasteiger partial charge in [-0.2, -0.15) is 0 Å². The molecule has 7 rings (SSSR count).